The van der Waals surface area contributed by atoms with Crippen molar-refractivity contribution in [2.45, 2.75) is 18.6 Å². The maximum atomic E-state index is 13.5. The van der Waals surface area contributed by atoms with Gasteiger partial charge in [0.15, 0.2) is 0 Å². The first-order chi connectivity index (χ1) is 16.4. The van der Waals surface area contributed by atoms with E-state index in [9.17, 15) is 14.9 Å². The van der Waals surface area contributed by atoms with Gasteiger partial charge in [-0.3, -0.25) is 14.5 Å². The molecule has 0 unspecified atom stereocenters. The van der Waals surface area contributed by atoms with Crippen molar-refractivity contribution in [2.75, 3.05) is 10.2 Å². The summed E-state index contributed by atoms with van der Waals surface area (Å²) in [6.45, 7) is 1.99. The molecule has 5 nitrogen and oxygen atoms in total. The quantitative estimate of drug-likeness (QED) is 0.321. The maximum absolute atomic E-state index is 13.5. The summed E-state index contributed by atoms with van der Waals surface area (Å²) in [4.78, 5) is 28.0. The summed E-state index contributed by atoms with van der Waals surface area (Å²) in [6, 6.07) is 23.2. The lowest BCUT2D eigenvalue weighted by Crippen LogP contribution is -2.31. The summed E-state index contributed by atoms with van der Waals surface area (Å²) in [6.07, 6.45) is 0.473. The number of hydrogen-bond donors (Lipinski definition) is 1. The Kier molecular flexibility index (Phi) is 7.28. The average Bonchev–Trinajstić information content (AvgIpc) is 3.13. The predicted molar refractivity (Wildman–Crippen MR) is 138 cm³/mol. The summed E-state index contributed by atoms with van der Waals surface area (Å²) >= 11 is 13.2. The van der Waals surface area contributed by atoms with Crippen LogP contribution in [0, 0.1) is 18.3 Å². The molecule has 1 saturated heterocycles. The first-order valence-electron chi connectivity index (χ1n) is 10.4. The second-order valence-corrected chi connectivity index (χ2v) is 9.70. The lowest BCUT2D eigenvalue weighted by molar-refractivity contribution is -0.117. The third kappa shape index (κ3) is 5.13. The van der Waals surface area contributed by atoms with Crippen LogP contribution in [0.4, 0.5) is 11.4 Å². The highest BCUT2D eigenvalue weighted by atomic mass is 35.5. The Morgan fingerprint density at radius 3 is 2.26 bits per heavy atom. The Labute approximate surface area is 212 Å². The van der Waals surface area contributed by atoms with Crippen molar-refractivity contribution in [3.8, 4) is 6.07 Å². The first kappa shape index (κ1) is 23.9. The van der Waals surface area contributed by atoms with Crippen molar-refractivity contribution >= 4 is 58.2 Å². The molecule has 1 fully saturated rings. The van der Waals surface area contributed by atoms with Gasteiger partial charge in [0, 0.05) is 21.4 Å². The standard InChI is InChI=1S/C26H19Cl2N3O2S/c1-16-4-2-3-5-17(16)14-23-25(33)31(21-12-8-19(28)9-13-21)26(34-23)22(15-29)24(32)30-20-10-6-18(27)7-11-20/h2-13,23H,14H2,1H3,(H,30,32)/b26-22-/t23-/m0/s1. The average molecular weight is 508 g/mol. The summed E-state index contributed by atoms with van der Waals surface area (Å²) in [5.41, 5.74) is 3.00. The number of benzene rings is 3. The van der Waals surface area contributed by atoms with E-state index < -0.39 is 11.2 Å². The summed E-state index contributed by atoms with van der Waals surface area (Å²) in [7, 11) is 0. The molecule has 1 N–H and O–H groups in total. The molecule has 34 heavy (non-hydrogen) atoms. The molecule has 0 bridgehead atoms. The summed E-state index contributed by atoms with van der Waals surface area (Å²) in [5.74, 6) is -0.798. The molecular weight excluding hydrogens is 489 g/mol. The van der Waals surface area contributed by atoms with Crippen molar-refractivity contribution in [1.82, 2.24) is 0 Å². The van der Waals surface area contributed by atoms with Gasteiger partial charge in [0.25, 0.3) is 5.91 Å². The fraction of sp³-hybridized carbons (Fsp3) is 0.115. The number of thioether (sulfide) groups is 1. The van der Waals surface area contributed by atoms with Gasteiger partial charge in [-0.2, -0.15) is 5.26 Å². The Morgan fingerprint density at radius 1 is 1.03 bits per heavy atom. The monoisotopic (exact) mass is 507 g/mol. The molecule has 1 atom stereocenters. The zero-order valence-electron chi connectivity index (χ0n) is 18.1. The fourth-order valence-corrected chi connectivity index (χ4v) is 5.13. The van der Waals surface area contributed by atoms with Crippen LogP contribution >= 0.6 is 35.0 Å². The Balaban J connectivity index is 1.73. The van der Waals surface area contributed by atoms with Gasteiger partial charge in [-0.05, 0) is 73.0 Å². The van der Waals surface area contributed by atoms with Crippen molar-refractivity contribution in [2.24, 2.45) is 0 Å². The topological polar surface area (TPSA) is 73.2 Å². The van der Waals surface area contributed by atoms with Crippen LogP contribution in [0.2, 0.25) is 10.0 Å². The largest absolute Gasteiger partial charge is 0.321 e. The molecular formula is C26H19Cl2N3O2S. The molecule has 8 heteroatoms. The molecule has 0 saturated carbocycles. The minimum atomic E-state index is -0.601. The third-order valence-corrected chi connectivity index (χ3v) is 7.13. The van der Waals surface area contributed by atoms with Crippen LogP contribution in [0.25, 0.3) is 0 Å². The lowest BCUT2D eigenvalue weighted by Gasteiger charge is -2.19. The van der Waals surface area contributed by atoms with Crippen molar-refractivity contribution in [1.29, 1.82) is 5.26 Å². The van der Waals surface area contributed by atoms with Crippen LogP contribution in [0.5, 0.6) is 0 Å². The summed E-state index contributed by atoms with van der Waals surface area (Å²) < 4.78 is 0. The van der Waals surface area contributed by atoms with E-state index in [1.807, 2.05) is 37.3 Å². The second kappa shape index (κ2) is 10.4. The highest BCUT2D eigenvalue weighted by Crippen LogP contribution is 2.42. The number of hydrogen-bond acceptors (Lipinski definition) is 4. The number of nitrogens with one attached hydrogen (secondary N) is 1. The zero-order valence-corrected chi connectivity index (χ0v) is 20.4. The van der Waals surface area contributed by atoms with Crippen LogP contribution in [0.3, 0.4) is 0 Å². The minimum absolute atomic E-state index is 0.143. The van der Waals surface area contributed by atoms with Gasteiger partial charge in [-0.25, -0.2) is 0 Å². The molecule has 0 spiro atoms. The maximum Gasteiger partial charge on any atom is 0.269 e. The zero-order chi connectivity index (χ0) is 24.2. The highest BCUT2D eigenvalue weighted by Gasteiger charge is 2.41. The van der Waals surface area contributed by atoms with Gasteiger partial charge in [0.05, 0.1) is 5.25 Å². The molecule has 2 amide bonds. The normalized spacial score (nSPS) is 16.8. The second-order valence-electron chi connectivity index (χ2n) is 7.64. The van der Waals surface area contributed by atoms with Crippen molar-refractivity contribution < 1.29 is 9.59 Å². The number of carbonyl (C=O) groups excluding carboxylic acids is 2. The number of nitriles is 1. The van der Waals surface area contributed by atoms with Gasteiger partial charge in [-0.15, -0.1) is 0 Å². The van der Waals surface area contributed by atoms with Crippen LogP contribution in [-0.4, -0.2) is 17.1 Å². The molecule has 0 radical (unpaired) electrons. The molecule has 1 aliphatic rings. The summed E-state index contributed by atoms with van der Waals surface area (Å²) in [5, 5.41) is 13.5. The molecule has 3 aromatic rings. The molecule has 1 aliphatic heterocycles. The Bertz CT molecular complexity index is 1320. The van der Waals surface area contributed by atoms with Crippen LogP contribution < -0.4 is 10.2 Å². The highest BCUT2D eigenvalue weighted by molar-refractivity contribution is 8.05. The molecule has 4 rings (SSSR count). The molecule has 0 aliphatic carbocycles. The predicted octanol–water partition coefficient (Wildman–Crippen LogP) is 6.37. The van der Waals surface area contributed by atoms with Gasteiger partial charge in [-0.1, -0.05) is 59.2 Å². The number of nitrogens with zero attached hydrogens (tertiary/aromatic N) is 2. The van der Waals surface area contributed by atoms with Crippen LogP contribution in [0.1, 0.15) is 11.1 Å². The first-order valence-corrected chi connectivity index (χ1v) is 12.0. The number of aryl methyl sites for hydroxylation is 1. The van der Waals surface area contributed by atoms with Crippen LogP contribution in [-0.2, 0) is 16.0 Å². The number of rotatable bonds is 5. The SMILES string of the molecule is Cc1ccccc1C[C@@H]1S/C(=C(/C#N)C(=O)Nc2ccc(Cl)cc2)N(c2ccc(Cl)cc2)C1=O. The van der Waals surface area contributed by atoms with E-state index in [-0.39, 0.29) is 11.5 Å². The van der Waals surface area contributed by atoms with Gasteiger partial charge < -0.3 is 5.32 Å². The number of halogens is 2. The van der Waals surface area contributed by atoms with E-state index in [0.29, 0.717) is 32.9 Å². The van der Waals surface area contributed by atoms with Crippen molar-refractivity contribution in [3.63, 3.8) is 0 Å². The fourth-order valence-electron chi connectivity index (χ4n) is 3.58. The van der Waals surface area contributed by atoms with Gasteiger partial charge >= 0.3 is 0 Å². The van der Waals surface area contributed by atoms with E-state index in [4.69, 9.17) is 23.2 Å². The molecule has 1 heterocycles. The van der Waals surface area contributed by atoms with Gasteiger partial charge in [0.2, 0.25) is 5.91 Å². The Morgan fingerprint density at radius 2 is 1.65 bits per heavy atom. The lowest BCUT2D eigenvalue weighted by atomic mass is 10.0. The van der Waals surface area contributed by atoms with E-state index in [0.717, 1.165) is 11.1 Å². The van der Waals surface area contributed by atoms with E-state index >= 15 is 0 Å². The van der Waals surface area contributed by atoms with Crippen LogP contribution in [0.15, 0.2) is 83.4 Å². The van der Waals surface area contributed by atoms with E-state index in [2.05, 4.69) is 5.32 Å². The van der Waals surface area contributed by atoms with E-state index in [1.54, 1.807) is 48.5 Å². The number of anilines is 2. The van der Waals surface area contributed by atoms with Gasteiger partial charge in [0.1, 0.15) is 16.7 Å². The molecule has 3 aromatic carbocycles. The smallest absolute Gasteiger partial charge is 0.269 e. The number of carbonyl (C=O) groups is 2. The Hall–Kier alpha value is -3.24. The number of amides is 2. The third-order valence-electron chi connectivity index (χ3n) is 5.36. The van der Waals surface area contributed by atoms with Crippen molar-refractivity contribution in [3.05, 3.63) is 105 Å². The molecule has 170 valence electrons. The minimum Gasteiger partial charge on any atom is -0.321 e. The molecule has 0 aromatic heterocycles. The van der Waals surface area contributed by atoms with E-state index in [1.165, 1.54) is 16.7 Å².